The average Bonchev–Trinajstić information content (AvgIpc) is 2.81. The number of carbonyl (C=O) groups excluding carboxylic acids is 1. The van der Waals surface area contributed by atoms with Crippen LogP contribution in [0.4, 0.5) is 0 Å². The monoisotopic (exact) mass is 494 g/mol. The molecule has 2 aromatic rings. The molecule has 3 nitrogen and oxygen atoms in total. The second-order valence-electron chi connectivity index (χ2n) is 11.5. The molecule has 200 valence electrons. The summed E-state index contributed by atoms with van der Waals surface area (Å²) in [4.78, 5) is 11.8. The highest BCUT2D eigenvalue weighted by atomic mass is 16.5. The Hall–Kier alpha value is -2.29. The van der Waals surface area contributed by atoms with E-state index in [9.17, 15) is 9.90 Å². The molecular weight excluding hydrogens is 444 g/mol. The molecule has 36 heavy (non-hydrogen) atoms. The molecule has 0 amide bonds. The van der Waals surface area contributed by atoms with Crippen LogP contribution < -0.4 is 4.74 Å². The molecular formula is C33H50O3. The quantitative estimate of drug-likeness (QED) is 0.152. The summed E-state index contributed by atoms with van der Waals surface area (Å²) >= 11 is 0. The van der Waals surface area contributed by atoms with Crippen molar-refractivity contribution in [2.75, 3.05) is 0 Å². The predicted octanol–water partition coefficient (Wildman–Crippen LogP) is 9.71. The fourth-order valence-corrected chi connectivity index (χ4v) is 5.16. The van der Waals surface area contributed by atoms with Gasteiger partial charge in [0.2, 0.25) is 0 Å². The lowest BCUT2D eigenvalue weighted by Crippen LogP contribution is -2.06. The number of benzene rings is 2. The third-order valence-corrected chi connectivity index (χ3v) is 7.55. The van der Waals surface area contributed by atoms with Crippen LogP contribution in [0.2, 0.25) is 0 Å². The van der Waals surface area contributed by atoms with Gasteiger partial charge >= 0.3 is 5.97 Å². The van der Waals surface area contributed by atoms with E-state index in [4.69, 9.17) is 4.74 Å². The van der Waals surface area contributed by atoms with E-state index in [1.165, 1.54) is 63.9 Å². The summed E-state index contributed by atoms with van der Waals surface area (Å²) in [6.07, 6.45) is 14.6. The van der Waals surface area contributed by atoms with Gasteiger partial charge in [-0.3, -0.25) is 4.79 Å². The zero-order valence-electron chi connectivity index (χ0n) is 24.0. The molecule has 2 rings (SSSR count). The summed E-state index contributed by atoms with van der Waals surface area (Å²) in [6, 6.07) is 7.56. The lowest BCUT2D eigenvalue weighted by Gasteiger charge is -2.17. The van der Waals surface area contributed by atoms with Gasteiger partial charge in [-0.25, -0.2) is 0 Å². The second kappa shape index (κ2) is 15.1. The highest BCUT2D eigenvalue weighted by Gasteiger charge is 2.18. The van der Waals surface area contributed by atoms with Crippen LogP contribution >= 0.6 is 0 Å². The summed E-state index contributed by atoms with van der Waals surface area (Å²) < 4.78 is 5.65. The van der Waals surface area contributed by atoms with Crippen LogP contribution in [0.3, 0.4) is 0 Å². The molecule has 0 aliphatic carbocycles. The van der Waals surface area contributed by atoms with Gasteiger partial charge < -0.3 is 9.84 Å². The minimum Gasteiger partial charge on any atom is -0.507 e. The van der Waals surface area contributed by atoms with E-state index in [-0.39, 0.29) is 11.7 Å². The molecule has 2 aromatic carbocycles. The summed E-state index contributed by atoms with van der Waals surface area (Å²) in [5.41, 5.74) is 3.01. The Kier molecular flexibility index (Phi) is 12.5. The van der Waals surface area contributed by atoms with Crippen molar-refractivity contribution in [3.05, 3.63) is 47.0 Å². The van der Waals surface area contributed by atoms with Gasteiger partial charge in [0.1, 0.15) is 11.5 Å². The summed E-state index contributed by atoms with van der Waals surface area (Å²) in [5, 5.41) is 12.3. The zero-order valence-corrected chi connectivity index (χ0v) is 24.0. The van der Waals surface area contributed by atoms with E-state index in [1.54, 1.807) is 0 Å². The van der Waals surface area contributed by atoms with Gasteiger partial charge in [0.05, 0.1) is 0 Å². The molecule has 0 spiro atoms. The summed E-state index contributed by atoms with van der Waals surface area (Å²) in [7, 11) is 0. The highest BCUT2D eigenvalue weighted by Crippen LogP contribution is 2.40. The maximum absolute atomic E-state index is 11.8. The molecule has 0 aromatic heterocycles. The molecule has 1 N–H and O–H groups in total. The summed E-state index contributed by atoms with van der Waals surface area (Å²) in [6.45, 7) is 15.0. The van der Waals surface area contributed by atoms with Crippen molar-refractivity contribution in [3.8, 4) is 11.5 Å². The van der Waals surface area contributed by atoms with Gasteiger partial charge in [0, 0.05) is 23.3 Å². The maximum Gasteiger partial charge on any atom is 0.308 e. The van der Waals surface area contributed by atoms with E-state index in [0.717, 1.165) is 46.1 Å². The van der Waals surface area contributed by atoms with E-state index in [2.05, 4.69) is 40.7 Å². The normalized spacial score (nSPS) is 13.8. The van der Waals surface area contributed by atoms with E-state index < -0.39 is 0 Å². The van der Waals surface area contributed by atoms with Crippen LogP contribution in [-0.2, 0) is 11.2 Å². The first kappa shape index (κ1) is 29.9. The number of aromatic hydroxyl groups is 1. The molecule has 0 saturated heterocycles. The first-order chi connectivity index (χ1) is 17.1. The van der Waals surface area contributed by atoms with Crippen molar-refractivity contribution in [1.82, 2.24) is 0 Å². The van der Waals surface area contributed by atoms with Crippen LogP contribution in [0.5, 0.6) is 11.5 Å². The number of rotatable bonds is 15. The molecule has 2 atom stereocenters. The van der Waals surface area contributed by atoms with Gasteiger partial charge in [-0.1, -0.05) is 109 Å². The van der Waals surface area contributed by atoms with Gasteiger partial charge in [-0.05, 0) is 56.4 Å². The summed E-state index contributed by atoms with van der Waals surface area (Å²) in [5.74, 6) is 2.96. The SMILES string of the molecule is CC(=O)Oc1c(C/C=C(\C)CCC[C@H](C)CCC[C@H](C)CCCC(C)C)c(C)c(O)c2ccccc12. The van der Waals surface area contributed by atoms with Crippen LogP contribution in [0.1, 0.15) is 110 Å². The van der Waals surface area contributed by atoms with Crippen molar-refractivity contribution in [2.45, 2.75) is 113 Å². The van der Waals surface area contributed by atoms with Crippen molar-refractivity contribution in [1.29, 1.82) is 0 Å². The van der Waals surface area contributed by atoms with E-state index in [1.807, 2.05) is 31.2 Å². The molecule has 0 aliphatic heterocycles. The smallest absolute Gasteiger partial charge is 0.308 e. The molecule has 3 heteroatoms. The van der Waals surface area contributed by atoms with Crippen LogP contribution in [0.25, 0.3) is 10.8 Å². The number of carbonyl (C=O) groups is 1. The molecule has 0 radical (unpaired) electrons. The molecule has 0 bridgehead atoms. The Morgan fingerprint density at radius 1 is 0.889 bits per heavy atom. The van der Waals surface area contributed by atoms with E-state index >= 15 is 0 Å². The predicted molar refractivity (Wildman–Crippen MR) is 154 cm³/mol. The topological polar surface area (TPSA) is 46.5 Å². The molecule has 0 saturated carbocycles. The van der Waals surface area contributed by atoms with Crippen molar-refractivity contribution >= 4 is 16.7 Å². The van der Waals surface area contributed by atoms with Gasteiger partial charge in [0.25, 0.3) is 0 Å². The minimum atomic E-state index is -0.342. The van der Waals surface area contributed by atoms with Crippen LogP contribution in [-0.4, -0.2) is 11.1 Å². The number of hydrogen-bond donors (Lipinski definition) is 1. The number of ether oxygens (including phenoxy) is 1. The standard InChI is InChI=1S/C33H50O3/c1-23(2)13-10-14-24(3)15-11-16-25(4)17-12-18-26(5)21-22-29-27(6)32(35)30-19-8-9-20-31(30)33(29)36-28(7)34/h8-9,19-21,23-25,35H,10-18,22H2,1-7H3/b26-21+/t24-,25-/m1/s1. The Bertz CT molecular complexity index is 1000. The first-order valence-electron chi connectivity index (χ1n) is 14.2. The van der Waals surface area contributed by atoms with Gasteiger partial charge in [0.15, 0.2) is 0 Å². The fourth-order valence-electron chi connectivity index (χ4n) is 5.16. The average molecular weight is 495 g/mol. The van der Waals surface area contributed by atoms with Crippen molar-refractivity contribution in [2.24, 2.45) is 17.8 Å². The number of fused-ring (bicyclic) bond motifs is 1. The lowest BCUT2D eigenvalue weighted by atomic mass is 9.91. The lowest BCUT2D eigenvalue weighted by molar-refractivity contribution is -0.131. The largest absolute Gasteiger partial charge is 0.507 e. The van der Waals surface area contributed by atoms with Gasteiger partial charge in [-0.15, -0.1) is 0 Å². The number of phenols is 1. The Balaban J connectivity index is 1.87. The minimum absolute atomic E-state index is 0.269. The number of phenolic OH excluding ortho intramolecular Hbond substituents is 1. The second-order valence-corrected chi connectivity index (χ2v) is 11.5. The van der Waals surface area contributed by atoms with E-state index in [0.29, 0.717) is 12.2 Å². The number of hydrogen-bond acceptors (Lipinski definition) is 3. The van der Waals surface area contributed by atoms with Crippen molar-refractivity contribution < 1.29 is 14.6 Å². The molecule has 0 aliphatic rings. The Labute approximate surface area is 220 Å². The van der Waals surface area contributed by atoms with Crippen LogP contribution in [0.15, 0.2) is 35.9 Å². The molecule has 0 fully saturated rings. The highest BCUT2D eigenvalue weighted by molar-refractivity contribution is 5.97. The van der Waals surface area contributed by atoms with Crippen molar-refractivity contribution in [3.63, 3.8) is 0 Å². The number of allylic oxidation sites excluding steroid dienone is 2. The fraction of sp³-hybridized carbons (Fsp3) is 0.606. The molecule has 0 heterocycles. The maximum atomic E-state index is 11.8. The third kappa shape index (κ3) is 9.64. The van der Waals surface area contributed by atoms with Gasteiger partial charge in [-0.2, -0.15) is 0 Å². The molecule has 0 unspecified atom stereocenters. The first-order valence-corrected chi connectivity index (χ1v) is 14.2. The third-order valence-electron chi connectivity index (χ3n) is 7.55. The number of esters is 1. The Morgan fingerprint density at radius 2 is 1.44 bits per heavy atom. The van der Waals surface area contributed by atoms with Crippen LogP contribution in [0, 0.1) is 24.7 Å². The Morgan fingerprint density at radius 3 is 2.03 bits per heavy atom. The zero-order chi connectivity index (χ0) is 26.7.